The maximum absolute atomic E-state index is 2.50. The largest absolute Gasteiger partial charge is 0.0525 e. The molecule has 2 rings (SSSR count). The minimum absolute atomic E-state index is 0.968. The zero-order valence-corrected chi connectivity index (χ0v) is 5.19. The summed E-state index contributed by atoms with van der Waals surface area (Å²) in [5.74, 6) is 2.82. The van der Waals surface area contributed by atoms with E-state index >= 15 is 0 Å². The molecule has 0 saturated heterocycles. The third-order valence-electron chi connectivity index (χ3n) is 2.45. The summed E-state index contributed by atoms with van der Waals surface area (Å²) < 4.78 is 0. The molecule has 2 fully saturated rings. The fraction of sp³-hybridized carbons (Fsp3) is 0.750. The van der Waals surface area contributed by atoms with Gasteiger partial charge in [0.2, 0.25) is 0 Å². The van der Waals surface area contributed by atoms with Crippen LogP contribution in [-0.2, 0) is 0 Å². The van der Waals surface area contributed by atoms with E-state index in [1.165, 1.54) is 32.1 Å². The van der Waals surface area contributed by atoms with E-state index in [1.54, 1.807) is 0 Å². The third-order valence-corrected chi connectivity index (χ3v) is 2.45. The van der Waals surface area contributed by atoms with Crippen molar-refractivity contribution in [1.29, 1.82) is 0 Å². The van der Waals surface area contributed by atoms with Crippen molar-refractivity contribution >= 4 is 0 Å². The lowest BCUT2D eigenvalue weighted by atomic mass is 10.0. The van der Waals surface area contributed by atoms with Crippen molar-refractivity contribution in [2.24, 2.45) is 5.92 Å². The summed E-state index contributed by atoms with van der Waals surface area (Å²) in [6.07, 6.45) is 9.68. The predicted octanol–water partition coefficient (Wildman–Crippen LogP) is 2.36. The Kier molecular flexibility index (Phi) is 1.06. The monoisotopic (exact) mass is 108 g/mol. The highest BCUT2D eigenvalue weighted by atomic mass is 14.4. The molecule has 2 aliphatic rings. The molecule has 0 bridgehead atoms. The maximum Gasteiger partial charge on any atom is -0.0207 e. The highest BCUT2D eigenvalue weighted by molar-refractivity contribution is 5.12. The Morgan fingerprint density at radius 1 is 1.38 bits per heavy atom. The number of fused-ring (bicyclic) bond motifs is 1. The van der Waals surface area contributed by atoms with E-state index in [9.17, 15) is 0 Å². The fourth-order valence-corrected chi connectivity index (χ4v) is 2.00. The summed E-state index contributed by atoms with van der Waals surface area (Å²) in [5, 5.41) is 0. The van der Waals surface area contributed by atoms with Gasteiger partial charge in [0.25, 0.3) is 0 Å². The highest BCUT2D eigenvalue weighted by Crippen LogP contribution is 2.44. The molecule has 0 heteroatoms. The van der Waals surface area contributed by atoms with Crippen LogP contribution in [0.3, 0.4) is 0 Å². The van der Waals surface area contributed by atoms with Crippen molar-refractivity contribution in [3.05, 3.63) is 12.3 Å². The lowest BCUT2D eigenvalue weighted by molar-refractivity contribution is 0.708. The van der Waals surface area contributed by atoms with Crippen molar-refractivity contribution in [2.75, 3.05) is 0 Å². The summed E-state index contributed by atoms with van der Waals surface area (Å²) in [4.78, 5) is 0. The highest BCUT2D eigenvalue weighted by Gasteiger charge is 2.31. The SMILES string of the molecule is [CH]1CC[C]2CCCC12. The van der Waals surface area contributed by atoms with Crippen LogP contribution in [0, 0.1) is 18.3 Å². The second kappa shape index (κ2) is 1.75. The Labute approximate surface area is 51.3 Å². The summed E-state index contributed by atoms with van der Waals surface area (Å²) in [7, 11) is 0. The van der Waals surface area contributed by atoms with Crippen molar-refractivity contribution in [1.82, 2.24) is 0 Å². The van der Waals surface area contributed by atoms with Crippen molar-refractivity contribution in [3.63, 3.8) is 0 Å². The van der Waals surface area contributed by atoms with Crippen LogP contribution in [0.2, 0.25) is 0 Å². The van der Waals surface area contributed by atoms with Gasteiger partial charge in [-0.2, -0.15) is 0 Å². The van der Waals surface area contributed by atoms with E-state index in [2.05, 4.69) is 6.42 Å². The molecule has 1 atom stereocenters. The molecule has 8 heavy (non-hydrogen) atoms. The van der Waals surface area contributed by atoms with E-state index in [0.29, 0.717) is 0 Å². The lowest BCUT2D eigenvalue weighted by Crippen LogP contribution is -1.93. The van der Waals surface area contributed by atoms with Crippen LogP contribution in [0.4, 0.5) is 0 Å². The molecular weight excluding hydrogens is 96.1 g/mol. The van der Waals surface area contributed by atoms with Gasteiger partial charge in [-0.3, -0.25) is 0 Å². The molecular formula is C8H12. The Morgan fingerprint density at radius 3 is 3.25 bits per heavy atom. The topological polar surface area (TPSA) is 0 Å². The molecule has 0 amide bonds. The van der Waals surface area contributed by atoms with Crippen LogP contribution in [0.15, 0.2) is 0 Å². The first-order valence-electron chi connectivity index (χ1n) is 3.65. The number of hydrogen-bond donors (Lipinski definition) is 0. The standard InChI is InChI=1S/C8H12/c1-3-7-5-2-6-8(7)4-1/h3,7H,1-2,4-6H2. The summed E-state index contributed by atoms with van der Waals surface area (Å²) >= 11 is 0. The molecule has 2 radical (unpaired) electrons. The molecule has 0 nitrogen and oxygen atoms in total. The van der Waals surface area contributed by atoms with Gasteiger partial charge in [-0.15, -0.1) is 0 Å². The third kappa shape index (κ3) is 0.586. The Morgan fingerprint density at radius 2 is 2.38 bits per heavy atom. The van der Waals surface area contributed by atoms with E-state index in [-0.39, 0.29) is 0 Å². The van der Waals surface area contributed by atoms with E-state index < -0.39 is 0 Å². The van der Waals surface area contributed by atoms with Gasteiger partial charge in [-0.1, -0.05) is 6.42 Å². The van der Waals surface area contributed by atoms with Crippen molar-refractivity contribution in [3.8, 4) is 0 Å². The average molecular weight is 108 g/mol. The van der Waals surface area contributed by atoms with Gasteiger partial charge >= 0.3 is 0 Å². The van der Waals surface area contributed by atoms with Gasteiger partial charge in [0.15, 0.2) is 0 Å². The normalized spacial score (nSPS) is 31.5. The Balaban J connectivity index is 2.04. The van der Waals surface area contributed by atoms with Crippen LogP contribution >= 0.6 is 0 Å². The smallest absolute Gasteiger partial charge is 0.0207 e. The molecule has 0 aromatic carbocycles. The Hall–Kier alpha value is 0. The molecule has 2 saturated carbocycles. The summed E-state index contributed by atoms with van der Waals surface area (Å²) in [6, 6.07) is 0. The molecule has 0 aromatic rings. The molecule has 0 heterocycles. The zero-order chi connectivity index (χ0) is 5.40. The van der Waals surface area contributed by atoms with Gasteiger partial charge < -0.3 is 0 Å². The van der Waals surface area contributed by atoms with Crippen LogP contribution in [-0.4, -0.2) is 0 Å². The molecule has 1 unspecified atom stereocenters. The first kappa shape index (κ1) is 4.84. The molecule has 2 aliphatic carbocycles. The van der Waals surface area contributed by atoms with Gasteiger partial charge in [0, 0.05) is 0 Å². The average Bonchev–Trinajstić information content (AvgIpc) is 2.15. The van der Waals surface area contributed by atoms with Crippen LogP contribution in [0.1, 0.15) is 32.1 Å². The van der Waals surface area contributed by atoms with Gasteiger partial charge in [-0.25, -0.2) is 0 Å². The van der Waals surface area contributed by atoms with E-state index in [1.807, 2.05) is 5.92 Å². The quantitative estimate of drug-likeness (QED) is 0.447. The summed E-state index contributed by atoms with van der Waals surface area (Å²) in [5.41, 5.74) is 0. The van der Waals surface area contributed by atoms with Crippen molar-refractivity contribution in [2.45, 2.75) is 32.1 Å². The minimum Gasteiger partial charge on any atom is -0.0525 e. The van der Waals surface area contributed by atoms with Crippen LogP contribution in [0.25, 0.3) is 0 Å². The first-order valence-corrected chi connectivity index (χ1v) is 3.65. The number of rotatable bonds is 0. The molecule has 0 N–H and O–H groups in total. The second-order valence-electron chi connectivity index (χ2n) is 2.93. The van der Waals surface area contributed by atoms with E-state index in [0.717, 1.165) is 5.92 Å². The van der Waals surface area contributed by atoms with Crippen molar-refractivity contribution < 1.29 is 0 Å². The first-order chi connectivity index (χ1) is 3.97. The minimum atomic E-state index is 0.968. The van der Waals surface area contributed by atoms with Crippen LogP contribution < -0.4 is 0 Å². The maximum atomic E-state index is 2.50. The van der Waals surface area contributed by atoms with Gasteiger partial charge in [0.1, 0.15) is 0 Å². The molecule has 0 spiro atoms. The van der Waals surface area contributed by atoms with E-state index in [4.69, 9.17) is 0 Å². The second-order valence-corrected chi connectivity index (χ2v) is 2.93. The molecule has 44 valence electrons. The predicted molar refractivity (Wildman–Crippen MR) is 34.1 cm³/mol. The zero-order valence-electron chi connectivity index (χ0n) is 5.19. The van der Waals surface area contributed by atoms with Gasteiger partial charge in [0.05, 0.1) is 0 Å². The molecule has 0 aromatic heterocycles. The van der Waals surface area contributed by atoms with Crippen LogP contribution in [0.5, 0.6) is 0 Å². The summed E-state index contributed by atoms with van der Waals surface area (Å²) in [6.45, 7) is 0. The van der Waals surface area contributed by atoms with Gasteiger partial charge in [-0.05, 0) is 43.9 Å². The lowest BCUT2D eigenvalue weighted by Gasteiger charge is -2.03. The number of hydrogen-bond acceptors (Lipinski definition) is 0. The Bertz CT molecular complexity index is 66.0. The molecule has 0 aliphatic heterocycles. The fourth-order valence-electron chi connectivity index (χ4n) is 2.00.